The van der Waals surface area contributed by atoms with Gasteiger partial charge in [-0.3, -0.25) is 4.79 Å². The number of hydrogen-bond donors (Lipinski definition) is 1. The lowest BCUT2D eigenvalue weighted by atomic mass is 10.1. The van der Waals surface area contributed by atoms with Crippen LogP contribution in [-0.2, 0) is 0 Å². The number of rotatable bonds is 7. The molecule has 0 saturated carbocycles. The van der Waals surface area contributed by atoms with Crippen LogP contribution in [0, 0.1) is 0 Å². The molecule has 0 bridgehead atoms. The molecule has 126 valence electrons. The second kappa shape index (κ2) is 8.72. The van der Waals surface area contributed by atoms with Crippen molar-refractivity contribution in [2.24, 2.45) is 5.10 Å². The van der Waals surface area contributed by atoms with Gasteiger partial charge in [0.1, 0.15) is 11.5 Å². The molecule has 0 fully saturated rings. The fourth-order valence-electron chi connectivity index (χ4n) is 2.08. The molecule has 5 heteroatoms. The van der Waals surface area contributed by atoms with Gasteiger partial charge in [-0.1, -0.05) is 19.1 Å². The molecule has 2 aromatic rings. The van der Waals surface area contributed by atoms with Crippen molar-refractivity contribution in [1.82, 2.24) is 5.43 Å². The summed E-state index contributed by atoms with van der Waals surface area (Å²) in [5.74, 6) is 1.04. The van der Waals surface area contributed by atoms with Crippen LogP contribution in [0.15, 0.2) is 53.6 Å². The van der Waals surface area contributed by atoms with E-state index in [2.05, 4.69) is 10.5 Å². The van der Waals surface area contributed by atoms with Crippen LogP contribution in [0.4, 0.5) is 0 Å². The third-order valence-corrected chi connectivity index (χ3v) is 3.43. The van der Waals surface area contributed by atoms with Crippen LogP contribution < -0.4 is 14.9 Å². The Kier molecular flexibility index (Phi) is 6.37. The largest absolute Gasteiger partial charge is 0.497 e. The molecule has 0 aliphatic carbocycles. The number of ether oxygens (including phenoxy) is 2. The number of carbonyl (C=O) groups is 1. The van der Waals surface area contributed by atoms with Crippen LogP contribution in [0.2, 0.25) is 0 Å². The Hall–Kier alpha value is -2.82. The summed E-state index contributed by atoms with van der Waals surface area (Å²) in [6.07, 6.45) is 0.880. The van der Waals surface area contributed by atoms with E-state index in [-0.39, 0.29) is 5.91 Å². The molecule has 0 radical (unpaired) electrons. The van der Waals surface area contributed by atoms with Gasteiger partial charge in [-0.05, 0) is 55.3 Å². The van der Waals surface area contributed by atoms with Crippen molar-refractivity contribution in [3.63, 3.8) is 0 Å². The minimum absolute atomic E-state index is 0.297. The summed E-state index contributed by atoms with van der Waals surface area (Å²) in [5, 5.41) is 4.17. The van der Waals surface area contributed by atoms with E-state index in [9.17, 15) is 4.79 Å². The first-order valence-corrected chi connectivity index (χ1v) is 7.86. The maximum absolute atomic E-state index is 12.3. The van der Waals surface area contributed by atoms with Gasteiger partial charge >= 0.3 is 0 Å². The summed E-state index contributed by atoms with van der Waals surface area (Å²) >= 11 is 0. The summed E-state index contributed by atoms with van der Waals surface area (Å²) in [6, 6.07) is 14.6. The molecule has 1 amide bonds. The average Bonchev–Trinajstić information content (AvgIpc) is 2.64. The number of hydrazone groups is 1. The van der Waals surface area contributed by atoms with Crippen molar-refractivity contribution in [3.05, 3.63) is 59.7 Å². The van der Waals surface area contributed by atoms with E-state index in [1.807, 2.05) is 44.2 Å². The Morgan fingerprint density at radius 2 is 1.83 bits per heavy atom. The zero-order chi connectivity index (χ0) is 17.4. The molecule has 24 heavy (non-hydrogen) atoms. The maximum Gasteiger partial charge on any atom is 0.275 e. The van der Waals surface area contributed by atoms with Gasteiger partial charge in [0, 0.05) is 0 Å². The average molecular weight is 326 g/mol. The van der Waals surface area contributed by atoms with Crippen molar-refractivity contribution in [1.29, 1.82) is 0 Å². The second-order valence-corrected chi connectivity index (χ2v) is 5.21. The smallest absolute Gasteiger partial charge is 0.275 e. The SMILES string of the molecule is CCCOc1ccccc1C(=O)N/N=C(\C)c1ccc(OC)cc1. The van der Waals surface area contributed by atoms with Gasteiger partial charge in [-0.2, -0.15) is 5.10 Å². The quantitative estimate of drug-likeness (QED) is 0.624. The number of hydrogen-bond acceptors (Lipinski definition) is 4. The molecular formula is C19H22N2O3. The van der Waals surface area contributed by atoms with Crippen LogP contribution in [0.1, 0.15) is 36.2 Å². The summed E-state index contributed by atoms with van der Waals surface area (Å²) in [6.45, 7) is 4.42. The molecule has 5 nitrogen and oxygen atoms in total. The Morgan fingerprint density at radius 3 is 2.50 bits per heavy atom. The van der Waals surface area contributed by atoms with Gasteiger partial charge in [0.15, 0.2) is 0 Å². The minimum Gasteiger partial charge on any atom is -0.497 e. The molecule has 0 spiro atoms. The molecule has 0 heterocycles. The number of methoxy groups -OCH3 is 1. The Bertz CT molecular complexity index is 709. The Balaban J connectivity index is 2.08. The molecule has 2 rings (SSSR count). The maximum atomic E-state index is 12.3. The van der Waals surface area contributed by atoms with E-state index in [0.717, 1.165) is 17.7 Å². The fourth-order valence-corrected chi connectivity index (χ4v) is 2.08. The zero-order valence-corrected chi connectivity index (χ0v) is 14.2. The minimum atomic E-state index is -0.297. The number of nitrogens with zero attached hydrogens (tertiary/aromatic N) is 1. The summed E-state index contributed by atoms with van der Waals surface area (Å²) in [7, 11) is 1.62. The highest BCUT2D eigenvalue weighted by Gasteiger charge is 2.11. The lowest BCUT2D eigenvalue weighted by Gasteiger charge is -2.10. The number of nitrogens with one attached hydrogen (secondary N) is 1. The number of amides is 1. The van der Waals surface area contributed by atoms with E-state index in [4.69, 9.17) is 9.47 Å². The molecular weight excluding hydrogens is 304 g/mol. The van der Waals surface area contributed by atoms with Crippen LogP contribution in [0.3, 0.4) is 0 Å². The van der Waals surface area contributed by atoms with Crippen LogP contribution in [-0.4, -0.2) is 25.3 Å². The Labute approximate surface area is 142 Å². The van der Waals surface area contributed by atoms with Gasteiger partial charge < -0.3 is 9.47 Å². The molecule has 0 aliphatic heterocycles. The molecule has 2 aromatic carbocycles. The standard InChI is InChI=1S/C19H22N2O3/c1-4-13-24-18-8-6-5-7-17(18)19(22)21-20-14(2)15-9-11-16(23-3)12-10-15/h5-12H,4,13H2,1-3H3,(H,21,22)/b20-14+. The third-order valence-electron chi connectivity index (χ3n) is 3.43. The number of benzene rings is 2. The van der Waals surface area contributed by atoms with Gasteiger partial charge in [-0.15, -0.1) is 0 Å². The van der Waals surface area contributed by atoms with E-state index < -0.39 is 0 Å². The fraction of sp³-hybridized carbons (Fsp3) is 0.263. The topological polar surface area (TPSA) is 59.9 Å². The van der Waals surface area contributed by atoms with E-state index in [1.54, 1.807) is 25.3 Å². The highest BCUT2D eigenvalue weighted by molar-refractivity contribution is 6.01. The van der Waals surface area contributed by atoms with Crippen molar-refractivity contribution in [2.75, 3.05) is 13.7 Å². The first kappa shape index (κ1) is 17.5. The Morgan fingerprint density at radius 1 is 1.12 bits per heavy atom. The lowest BCUT2D eigenvalue weighted by molar-refractivity contribution is 0.0950. The third kappa shape index (κ3) is 4.59. The van der Waals surface area contributed by atoms with Crippen molar-refractivity contribution in [2.45, 2.75) is 20.3 Å². The number of carbonyl (C=O) groups excluding carboxylic acids is 1. The van der Waals surface area contributed by atoms with Crippen molar-refractivity contribution in [3.8, 4) is 11.5 Å². The summed E-state index contributed by atoms with van der Waals surface area (Å²) in [4.78, 5) is 12.3. The van der Waals surface area contributed by atoms with Crippen LogP contribution in [0.5, 0.6) is 11.5 Å². The predicted octanol–water partition coefficient (Wildman–Crippen LogP) is 3.64. The zero-order valence-electron chi connectivity index (χ0n) is 14.2. The second-order valence-electron chi connectivity index (χ2n) is 5.21. The monoisotopic (exact) mass is 326 g/mol. The normalized spacial score (nSPS) is 11.0. The van der Waals surface area contributed by atoms with Crippen LogP contribution >= 0.6 is 0 Å². The lowest BCUT2D eigenvalue weighted by Crippen LogP contribution is -2.20. The first-order valence-electron chi connectivity index (χ1n) is 7.86. The van der Waals surface area contributed by atoms with Crippen molar-refractivity contribution >= 4 is 11.6 Å². The molecule has 0 aromatic heterocycles. The van der Waals surface area contributed by atoms with E-state index >= 15 is 0 Å². The highest BCUT2D eigenvalue weighted by atomic mass is 16.5. The molecule has 0 saturated heterocycles. The number of para-hydroxylation sites is 1. The summed E-state index contributed by atoms with van der Waals surface area (Å²) in [5.41, 5.74) is 4.67. The van der Waals surface area contributed by atoms with Gasteiger partial charge in [0.25, 0.3) is 5.91 Å². The van der Waals surface area contributed by atoms with Gasteiger partial charge in [0.05, 0.1) is 25.0 Å². The van der Waals surface area contributed by atoms with E-state index in [1.165, 1.54) is 0 Å². The van der Waals surface area contributed by atoms with E-state index in [0.29, 0.717) is 23.6 Å². The highest BCUT2D eigenvalue weighted by Crippen LogP contribution is 2.18. The molecule has 0 aliphatic rings. The molecule has 0 atom stereocenters. The van der Waals surface area contributed by atoms with Crippen molar-refractivity contribution < 1.29 is 14.3 Å². The first-order chi connectivity index (χ1) is 11.7. The summed E-state index contributed by atoms with van der Waals surface area (Å²) < 4.78 is 10.7. The van der Waals surface area contributed by atoms with Gasteiger partial charge in [-0.25, -0.2) is 5.43 Å². The molecule has 0 unspecified atom stereocenters. The molecule has 1 N–H and O–H groups in total. The van der Waals surface area contributed by atoms with Crippen LogP contribution in [0.25, 0.3) is 0 Å². The van der Waals surface area contributed by atoms with Gasteiger partial charge in [0.2, 0.25) is 0 Å². The predicted molar refractivity (Wildman–Crippen MR) is 94.9 cm³/mol.